The van der Waals surface area contributed by atoms with Crippen LogP contribution in [-0.2, 0) is 14.3 Å². The Morgan fingerprint density at radius 1 is 1.24 bits per heavy atom. The van der Waals surface area contributed by atoms with Gasteiger partial charge in [0.1, 0.15) is 25.0 Å². The molecule has 3 fully saturated rings. The van der Waals surface area contributed by atoms with Crippen molar-refractivity contribution in [1.82, 2.24) is 20.0 Å². The van der Waals surface area contributed by atoms with Gasteiger partial charge in [0.15, 0.2) is 0 Å². The number of esters is 1. The number of hydrogen-bond acceptors (Lipinski definition) is 7. The predicted molar refractivity (Wildman–Crippen MR) is 109 cm³/mol. The molecule has 3 saturated heterocycles. The zero-order chi connectivity index (χ0) is 20.9. The molecular weight excluding hydrogens is 442 g/mol. The summed E-state index contributed by atoms with van der Waals surface area (Å²) in [4.78, 5) is 44.5. The highest BCUT2D eigenvalue weighted by Crippen LogP contribution is 2.34. The second kappa shape index (κ2) is 7.58. The first-order valence-electron chi connectivity index (χ1n) is 9.50. The molecule has 3 aliphatic heterocycles. The van der Waals surface area contributed by atoms with Gasteiger partial charge in [-0.25, -0.2) is 4.79 Å². The van der Waals surface area contributed by atoms with Gasteiger partial charge in [0, 0.05) is 30.3 Å². The molecule has 10 heteroatoms. The van der Waals surface area contributed by atoms with Crippen LogP contribution in [0.1, 0.15) is 6.92 Å². The lowest BCUT2D eigenvalue weighted by molar-refractivity contribution is -0.149. The largest absolute Gasteiger partial charge is 0.468 e. The molecule has 1 N–H and O–H groups in total. The van der Waals surface area contributed by atoms with Crippen LogP contribution in [0.25, 0.3) is 0 Å². The maximum Gasteiger partial charge on any atom is 0.328 e. The van der Waals surface area contributed by atoms with Crippen molar-refractivity contribution in [3.63, 3.8) is 0 Å². The van der Waals surface area contributed by atoms with E-state index in [-0.39, 0.29) is 18.7 Å². The molecule has 29 heavy (non-hydrogen) atoms. The van der Waals surface area contributed by atoms with Crippen molar-refractivity contribution >= 4 is 39.5 Å². The first-order valence-corrected chi connectivity index (χ1v) is 10.3. The number of carbonyl (C=O) groups is 3. The third kappa shape index (κ3) is 3.38. The van der Waals surface area contributed by atoms with Crippen LogP contribution in [0.3, 0.4) is 0 Å². The molecule has 3 aliphatic rings. The molecule has 0 saturated carbocycles. The van der Waals surface area contributed by atoms with E-state index < -0.39 is 24.2 Å². The number of anilines is 1. The zero-order valence-electron chi connectivity index (χ0n) is 16.5. The summed E-state index contributed by atoms with van der Waals surface area (Å²) in [6, 6.07) is 6.97. The first-order chi connectivity index (χ1) is 13.8. The van der Waals surface area contributed by atoms with Gasteiger partial charge in [-0.15, -0.1) is 0 Å². The van der Waals surface area contributed by atoms with Crippen LogP contribution in [0.15, 0.2) is 28.7 Å². The van der Waals surface area contributed by atoms with Crippen LogP contribution < -0.4 is 10.2 Å². The Morgan fingerprint density at radius 2 is 1.93 bits per heavy atom. The van der Waals surface area contributed by atoms with Crippen LogP contribution in [0.5, 0.6) is 0 Å². The van der Waals surface area contributed by atoms with Gasteiger partial charge in [-0.2, -0.15) is 0 Å². The van der Waals surface area contributed by atoms with Gasteiger partial charge >= 0.3 is 12.0 Å². The number of rotatable bonds is 3. The average Bonchev–Trinajstić information content (AvgIpc) is 3.09. The third-order valence-corrected chi connectivity index (χ3v) is 6.29. The molecule has 0 spiro atoms. The summed E-state index contributed by atoms with van der Waals surface area (Å²) in [6.45, 7) is 3.30. The fourth-order valence-corrected chi connectivity index (χ4v) is 4.66. The van der Waals surface area contributed by atoms with E-state index >= 15 is 0 Å². The smallest absolute Gasteiger partial charge is 0.328 e. The number of hydrogen-bond donors (Lipinski definition) is 1. The van der Waals surface area contributed by atoms with E-state index in [1.54, 1.807) is 7.05 Å². The number of urea groups is 1. The first kappa shape index (κ1) is 20.1. The number of imide groups is 1. The Balaban J connectivity index is 1.66. The molecule has 1 aromatic carbocycles. The summed E-state index contributed by atoms with van der Waals surface area (Å²) in [7, 11) is 2.89. The highest BCUT2D eigenvalue weighted by atomic mass is 79.9. The van der Waals surface area contributed by atoms with Crippen molar-refractivity contribution < 1.29 is 19.1 Å². The minimum atomic E-state index is -0.621. The fourth-order valence-electron chi connectivity index (χ4n) is 4.39. The Hall–Kier alpha value is -2.17. The second-order valence-corrected chi connectivity index (χ2v) is 8.67. The number of halogens is 1. The van der Waals surface area contributed by atoms with Crippen LogP contribution in [0, 0.1) is 5.92 Å². The standard InChI is InChI=1S/C19H24BrN5O4/c1-11-8-23(13-6-4-12(20)5-7-13)18-21-16-15(24(18)9-11)17(27)25(10-14(26)29-3)19(28)22(16)2/h4-7,11,15-16,18,21H,8-10H2,1-3H3. The highest BCUT2D eigenvalue weighted by molar-refractivity contribution is 9.10. The van der Waals surface area contributed by atoms with Crippen molar-refractivity contribution in [1.29, 1.82) is 0 Å². The lowest BCUT2D eigenvalue weighted by Crippen LogP contribution is -2.67. The van der Waals surface area contributed by atoms with E-state index in [1.807, 2.05) is 24.3 Å². The molecule has 4 atom stereocenters. The molecule has 0 aromatic heterocycles. The van der Waals surface area contributed by atoms with Crippen molar-refractivity contribution in [3.8, 4) is 0 Å². The number of amides is 3. The van der Waals surface area contributed by atoms with E-state index in [1.165, 1.54) is 12.0 Å². The normalized spacial score (nSPS) is 29.7. The van der Waals surface area contributed by atoms with Crippen molar-refractivity contribution in [3.05, 3.63) is 28.7 Å². The van der Waals surface area contributed by atoms with Crippen molar-refractivity contribution in [2.75, 3.05) is 38.7 Å². The van der Waals surface area contributed by atoms with Gasteiger partial charge in [0.05, 0.1) is 7.11 Å². The number of fused-ring (bicyclic) bond motifs is 3. The molecule has 1 aromatic rings. The molecule has 3 heterocycles. The number of ether oxygens (including phenoxy) is 1. The fraction of sp³-hybridized carbons (Fsp3) is 0.526. The van der Waals surface area contributed by atoms with Gasteiger partial charge < -0.3 is 14.5 Å². The van der Waals surface area contributed by atoms with Crippen molar-refractivity contribution in [2.45, 2.75) is 25.4 Å². The lowest BCUT2D eigenvalue weighted by atomic mass is 10.0. The third-order valence-electron chi connectivity index (χ3n) is 5.76. The molecule has 4 rings (SSSR count). The van der Waals surface area contributed by atoms with Crippen LogP contribution >= 0.6 is 15.9 Å². The minimum absolute atomic E-state index is 0.223. The molecule has 9 nitrogen and oxygen atoms in total. The zero-order valence-corrected chi connectivity index (χ0v) is 18.1. The van der Waals surface area contributed by atoms with Gasteiger partial charge in [-0.1, -0.05) is 22.9 Å². The molecule has 0 bridgehead atoms. The van der Waals surface area contributed by atoms with Crippen LogP contribution in [0.4, 0.5) is 10.5 Å². The predicted octanol–water partition coefficient (Wildman–Crippen LogP) is 0.856. The lowest BCUT2D eigenvalue weighted by Gasteiger charge is -2.45. The summed E-state index contributed by atoms with van der Waals surface area (Å²) in [5.74, 6) is -0.673. The van der Waals surface area contributed by atoms with Crippen LogP contribution in [-0.4, -0.2) is 84.9 Å². The minimum Gasteiger partial charge on any atom is -0.468 e. The summed E-state index contributed by atoms with van der Waals surface area (Å²) in [6.07, 6.45) is -0.684. The second-order valence-electron chi connectivity index (χ2n) is 7.75. The van der Waals surface area contributed by atoms with E-state index in [2.05, 4.69) is 42.7 Å². The van der Waals surface area contributed by atoms with Gasteiger partial charge in [-0.3, -0.25) is 24.7 Å². The average molecular weight is 466 g/mol. The molecule has 156 valence electrons. The molecule has 3 amide bonds. The Labute approximate surface area is 177 Å². The summed E-state index contributed by atoms with van der Waals surface area (Å²) in [5, 5.41) is 3.46. The van der Waals surface area contributed by atoms with Gasteiger partial charge in [-0.05, 0) is 30.2 Å². The Bertz CT molecular complexity index is 834. The van der Waals surface area contributed by atoms with Gasteiger partial charge in [0.25, 0.3) is 5.91 Å². The molecule has 0 radical (unpaired) electrons. The van der Waals surface area contributed by atoms with Crippen LogP contribution in [0.2, 0.25) is 0 Å². The summed E-state index contributed by atoms with van der Waals surface area (Å²) < 4.78 is 5.66. The van der Waals surface area contributed by atoms with E-state index in [0.717, 1.165) is 21.6 Å². The molecule has 4 unspecified atom stereocenters. The topological polar surface area (TPSA) is 85.4 Å². The maximum absolute atomic E-state index is 13.2. The monoisotopic (exact) mass is 465 g/mol. The number of benzene rings is 1. The number of nitrogens with one attached hydrogen (secondary N) is 1. The van der Waals surface area contributed by atoms with Gasteiger partial charge in [0.2, 0.25) is 0 Å². The Kier molecular flexibility index (Phi) is 5.26. The Morgan fingerprint density at radius 3 is 2.59 bits per heavy atom. The van der Waals surface area contributed by atoms with E-state index in [0.29, 0.717) is 12.5 Å². The van der Waals surface area contributed by atoms with Crippen molar-refractivity contribution in [2.24, 2.45) is 5.92 Å². The number of carbonyl (C=O) groups excluding carboxylic acids is 3. The molecular formula is C19H24BrN5O4. The maximum atomic E-state index is 13.2. The van der Waals surface area contributed by atoms with E-state index in [9.17, 15) is 14.4 Å². The highest BCUT2D eigenvalue weighted by Gasteiger charge is 2.57. The van der Waals surface area contributed by atoms with E-state index in [4.69, 9.17) is 0 Å². The molecule has 0 aliphatic carbocycles. The summed E-state index contributed by atoms with van der Waals surface area (Å²) in [5.41, 5.74) is 1.04. The summed E-state index contributed by atoms with van der Waals surface area (Å²) >= 11 is 3.47. The number of nitrogens with zero attached hydrogens (tertiary/aromatic N) is 4. The number of methoxy groups -OCH3 is 1. The number of likely N-dealkylation sites (N-methyl/N-ethyl adjacent to an activating group) is 1. The quantitative estimate of drug-likeness (QED) is 0.662. The SMILES string of the molecule is COC(=O)CN1C(=O)C2C(NC3N(c4ccc(Br)cc4)CC(C)CN23)N(C)C1=O.